The van der Waals surface area contributed by atoms with Gasteiger partial charge < -0.3 is 22.3 Å². The molecule has 0 spiro atoms. The van der Waals surface area contributed by atoms with Crippen molar-refractivity contribution in [2.75, 3.05) is 0 Å². The molecule has 0 radical (unpaired) electrons. The van der Waals surface area contributed by atoms with Gasteiger partial charge in [-0.1, -0.05) is 6.08 Å². The van der Waals surface area contributed by atoms with Gasteiger partial charge in [0.1, 0.15) is 5.54 Å². The monoisotopic (exact) mass is 185 g/mol. The predicted octanol–water partition coefficient (Wildman–Crippen LogP) is -0.506. The van der Waals surface area contributed by atoms with E-state index in [1.165, 1.54) is 6.08 Å². The highest BCUT2D eigenvalue weighted by molar-refractivity contribution is 5.79. The first-order valence-electron chi connectivity index (χ1n) is 3.75. The fourth-order valence-electron chi connectivity index (χ4n) is 0.916. The number of nitrogens with two attached hydrogens (primary N) is 3. The van der Waals surface area contributed by atoms with Crippen LogP contribution in [0.2, 0.25) is 0 Å². The summed E-state index contributed by atoms with van der Waals surface area (Å²) in [6.07, 6.45) is 2.76. The number of hydrogen-bond donors (Lipinski definition) is 4. The predicted molar refractivity (Wildman–Crippen MR) is 50.4 cm³/mol. The second-order valence-electron chi connectivity index (χ2n) is 2.87. The van der Waals surface area contributed by atoms with E-state index in [0.717, 1.165) is 6.20 Å². The molecule has 0 aromatic rings. The van der Waals surface area contributed by atoms with E-state index < -0.39 is 11.5 Å². The number of carboxylic acids is 1. The van der Waals surface area contributed by atoms with Gasteiger partial charge in [0.05, 0.1) is 0 Å². The summed E-state index contributed by atoms with van der Waals surface area (Å²) in [5, 5.41) is 8.81. The van der Waals surface area contributed by atoms with E-state index >= 15 is 0 Å². The number of carbonyl (C=O) groups is 1. The zero-order valence-corrected chi connectivity index (χ0v) is 7.36. The smallest absolute Gasteiger partial charge is 0.324 e. The third-order valence-electron chi connectivity index (χ3n) is 1.67. The average Bonchev–Trinajstić information content (AvgIpc) is 2.04. The Labute approximate surface area is 76.9 Å². The first-order valence-corrected chi connectivity index (χ1v) is 3.75. The molecular weight excluding hydrogens is 170 g/mol. The molecule has 0 heterocycles. The molecule has 0 aliphatic heterocycles. The van der Waals surface area contributed by atoms with Gasteiger partial charge >= 0.3 is 5.97 Å². The molecule has 7 N–H and O–H groups in total. The van der Waals surface area contributed by atoms with Crippen LogP contribution in [0.4, 0.5) is 0 Å². The Morgan fingerprint density at radius 3 is 2.46 bits per heavy atom. The summed E-state index contributed by atoms with van der Waals surface area (Å²) in [5.41, 5.74) is 14.9. The summed E-state index contributed by atoms with van der Waals surface area (Å²) in [6, 6.07) is 0. The van der Waals surface area contributed by atoms with Crippen LogP contribution >= 0.6 is 0 Å². The quantitative estimate of drug-likeness (QED) is 0.431. The Bertz CT molecular complexity index is 238. The maximum atomic E-state index is 10.8. The second kappa shape index (κ2) is 4.51. The summed E-state index contributed by atoms with van der Waals surface area (Å²) in [4.78, 5) is 10.8. The fourth-order valence-corrected chi connectivity index (χ4v) is 0.916. The molecule has 0 aromatic carbocycles. The molecule has 1 atom stereocenters. The Hall–Kier alpha value is -1.49. The van der Waals surface area contributed by atoms with Crippen LogP contribution in [0, 0.1) is 0 Å². The molecule has 13 heavy (non-hydrogen) atoms. The van der Waals surface area contributed by atoms with Crippen molar-refractivity contribution in [1.82, 2.24) is 0 Å². The highest BCUT2D eigenvalue weighted by Gasteiger charge is 2.32. The molecule has 0 fully saturated rings. The van der Waals surface area contributed by atoms with Crippen LogP contribution < -0.4 is 17.2 Å². The SMILES string of the molecule is C=CC[C@](N)(CC(N)=CN)C(=O)O. The van der Waals surface area contributed by atoms with Crippen molar-refractivity contribution >= 4 is 5.97 Å². The summed E-state index contributed by atoms with van der Waals surface area (Å²) < 4.78 is 0. The molecule has 0 unspecified atom stereocenters. The van der Waals surface area contributed by atoms with Crippen LogP contribution in [0.1, 0.15) is 12.8 Å². The van der Waals surface area contributed by atoms with Crippen molar-refractivity contribution in [3.63, 3.8) is 0 Å². The maximum Gasteiger partial charge on any atom is 0.324 e. The van der Waals surface area contributed by atoms with E-state index in [-0.39, 0.29) is 18.5 Å². The molecule has 0 aromatic heterocycles. The van der Waals surface area contributed by atoms with Gasteiger partial charge in [-0.2, -0.15) is 0 Å². The van der Waals surface area contributed by atoms with Crippen LogP contribution in [0.3, 0.4) is 0 Å². The zero-order chi connectivity index (χ0) is 10.5. The van der Waals surface area contributed by atoms with Crippen LogP contribution in [0.25, 0.3) is 0 Å². The first-order chi connectivity index (χ1) is 5.96. The second-order valence-corrected chi connectivity index (χ2v) is 2.87. The van der Waals surface area contributed by atoms with Gasteiger partial charge in [-0.05, 0) is 6.42 Å². The van der Waals surface area contributed by atoms with E-state index in [0.29, 0.717) is 0 Å². The van der Waals surface area contributed by atoms with E-state index in [1.807, 2.05) is 0 Å². The molecular formula is C8H15N3O2. The maximum absolute atomic E-state index is 10.8. The van der Waals surface area contributed by atoms with E-state index in [2.05, 4.69) is 6.58 Å². The Kier molecular flexibility index (Phi) is 4.00. The van der Waals surface area contributed by atoms with Gasteiger partial charge in [-0.25, -0.2) is 0 Å². The van der Waals surface area contributed by atoms with E-state index in [1.54, 1.807) is 0 Å². The van der Waals surface area contributed by atoms with Gasteiger partial charge in [0.15, 0.2) is 0 Å². The molecule has 0 aliphatic rings. The van der Waals surface area contributed by atoms with Crippen molar-refractivity contribution in [2.45, 2.75) is 18.4 Å². The van der Waals surface area contributed by atoms with Gasteiger partial charge in [0.2, 0.25) is 0 Å². The van der Waals surface area contributed by atoms with Crippen molar-refractivity contribution < 1.29 is 9.90 Å². The lowest BCUT2D eigenvalue weighted by molar-refractivity contribution is -0.143. The van der Waals surface area contributed by atoms with E-state index in [4.69, 9.17) is 22.3 Å². The van der Waals surface area contributed by atoms with Crippen LogP contribution in [-0.4, -0.2) is 16.6 Å². The lowest BCUT2D eigenvalue weighted by Crippen LogP contribution is -2.48. The van der Waals surface area contributed by atoms with Gasteiger partial charge in [0, 0.05) is 18.3 Å². The van der Waals surface area contributed by atoms with E-state index in [9.17, 15) is 4.79 Å². The molecule has 74 valence electrons. The number of aliphatic carboxylic acids is 1. The van der Waals surface area contributed by atoms with Crippen molar-refractivity contribution in [3.8, 4) is 0 Å². The molecule has 0 saturated carbocycles. The third-order valence-corrected chi connectivity index (χ3v) is 1.67. The molecule has 0 rings (SSSR count). The Balaban J connectivity index is 4.59. The fraction of sp³-hybridized carbons (Fsp3) is 0.375. The number of hydrogen-bond acceptors (Lipinski definition) is 4. The molecule has 0 saturated heterocycles. The highest BCUT2D eigenvalue weighted by atomic mass is 16.4. The van der Waals surface area contributed by atoms with Crippen LogP contribution in [0.15, 0.2) is 24.6 Å². The minimum Gasteiger partial charge on any atom is -0.480 e. The zero-order valence-electron chi connectivity index (χ0n) is 7.36. The van der Waals surface area contributed by atoms with Crippen molar-refractivity contribution in [3.05, 3.63) is 24.6 Å². The summed E-state index contributed by atoms with van der Waals surface area (Å²) in [6.45, 7) is 3.43. The summed E-state index contributed by atoms with van der Waals surface area (Å²) in [7, 11) is 0. The molecule has 0 amide bonds. The number of rotatable bonds is 5. The lowest BCUT2D eigenvalue weighted by Gasteiger charge is -2.22. The normalized spacial score (nSPS) is 16.2. The average molecular weight is 185 g/mol. The lowest BCUT2D eigenvalue weighted by atomic mass is 9.91. The van der Waals surface area contributed by atoms with Crippen LogP contribution in [-0.2, 0) is 4.79 Å². The Morgan fingerprint density at radius 2 is 2.15 bits per heavy atom. The Morgan fingerprint density at radius 1 is 1.62 bits per heavy atom. The molecule has 0 aliphatic carbocycles. The van der Waals surface area contributed by atoms with Gasteiger partial charge in [0.25, 0.3) is 0 Å². The van der Waals surface area contributed by atoms with Crippen LogP contribution in [0.5, 0.6) is 0 Å². The third kappa shape index (κ3) is 3.16. The standard InChI is InChI=1S/C8H15N3O2/c1-2-3-8(11,7(12)13)4-6(10)5-9/h2,5H,1,3-4,9-11H2,(H,12,13)/t8-/m0/s1. The molecule has 5 heteroatoms. The minimum atomic E-state index is -1.40. The first kappa shape index (κ1) is 11.5. The molecule has 5 nitrogen and oxygen atoms in total. The summed E-state index contributed by atoms with van der Waals surface area (Å²) in [5.74, 6) is -1.11. The summed E-state index contributed by atoms with van der Waals surface area (Å²) >= 11 is 0. The van der Waals surface area contributed by atoms with Gasteiger partial charge in [-0.15, -0.1) is 6.58 Å². The van der Waals surface area contributed by atoms with Gasteiger partial charge in [-0.3, -0.25) is 4.79 Å². The highest BCUT2D eigenvalue weighted by Crippen LogP contribution is 2.15. The van der Waals surface area contributed by atoms with Crippen molar-refractivity contribution in [2.24, 2.45) is 17.2 Å². The largest absolute Gasteiger partial charge is 0.480 e. The topological polar surface area (TPSA) is 115 Å². The minimum absolute atomic E-state index is 0.0187. The van der Waals surface area contributed by atoms with Crippen molar-refractivity contribution in [1.29, 1.82) is 0 Å². The number of carboxylic acid groups (broad SMARTS) is 1. The molecule has 0 bridgehead atoms.